The maximum atomic E-state index is 11.6. The van der Waals surface area contributed by atoms with E-state index in [2.05, 4.69) is 0 Å². The van der Waals surface area contributed by atoms with E-state index in [1.807, 2.05) is 18.2 Å². The fraction of sp³-hybridized carbons (Fsp3) is 0.188. The molecule has 0 amide bonds. The summed E-state index contributed by atoms with van der Waals surface area (Å²) in [7, 11) is -4.07. The maximum Gasteiger partial charge on any atom is 0.743 e. The van der Waals surface area contributed by atoms with Gasteiger partial charge in [0.2, 0.25) is 0 Å². The summed E-state index contributed by atoms with van der Waals surface area (Å²) in [5.74, 6) is -2.11. The lowest BCUT2D eigenvalue weighted by atomic mass is 10.1. The van der Waals surface area contributed by atoms with Crippen molar-refractivity contribution in [1.29, 1.82) is 0 Å². The van der Waals surface area contributed by atoms with Crippen molar-refractivity contribution in [3.8, 4) is 0 Å². The fourth-order valence-corrected chi connectivity index (χ4v) is 4.74. The first-order chi connectivity index (χ1) is 10.8. The summed E-state index contributed by atoms with van der Waals surface area (Å²) >= 11 is 0. The van der Waals surface area contributed by atoms with Gasteiger partial charge in [0.25, 0.3) is 17.9 Å². The summed E-state index contributed by atoms with van der Waals surface area (Å²) < 4.78 is 15.8. The highest BCUT2D eigenvalue weighted by molar-refractivity contribution is 6.81. The van der Waals surface area contributed by atoms with Crippen LogP contribution in [0.2, 0.25) is 0 Å². The summed E-state index contributed by atoms with van der Waals surface area (Å²) in [6, 6.07) is 12.5. The Morgan fingerprint density at radius 2 is 1.22 bits per heavy atom. The molecular formula is C16H16O6Si. The van der Waals surface area contributed by atoms with Crippen molar-refractivity contribution in [2.24, 2.45) is 0 Å². The second-order valence-electron chi connectivity index (χ2n) is 4.86. The van der Waals surface area contributed by atoms with Crippen LogP contribution < -0.4 is 5.19 Å². The van der Waals surface area contributed by atoms with Crippen molar-refractivity contribution in [1.82, 2.24) is 0 Å². The van der Waals surface area contributed by atoms with E-state index in [4.69, 9.17) is 13.3 Å². The molecule has 2 aromatic carbocycles. The Bertz CT molecular complexity index is 724. The van der Waals surface area contributed by atoms with Gasteiger partial charge in [-0.05, 0) is 10.8 Å². The molecule has 0 atom stereocenters. The highest BCUT2D eigenvalue weighted by Gasteiger charge is 2.55. The maximum absolute atomic E-state index is 11.6. The largest absolute Gasteiger partial charge is 0.743 e. The van der Waals surface area contributed by atoms with Crippen LogP contribution in [0.15, 0.2) is 42.5 Å². The number of hydrogen-bond acceptors (Lipinski definition) is 6. The standard InChI is InChI=1S/C16H16O6Si/c1-11(17)20-23(21-12(2)18,22-13(3)19)16-10-6-8-14-7-4-5-9-15(14)16/h4-10H,1-3H3. The molecule has 0 aliphatic carbocycles. The minimum Gasteiger partial charge on any atom is -0.452 e. The van der Waals surface area contributed by atoms with Crippen LogP contribution in [0.25, 0.3) is 10.8 Å². The zero-order valence-corrected chi connectivity index (χ0v) is 14.0. The van der Waals surface area contributed by atoms with Crippen LogP contribution in [0.3, 0.4) is 0 Å². The third kappa shape index (κ3) is 3.75. The van der Waals surface area contributed by atoms with Crippen molar-refractivity contribution in [3.05, 3.63) is 42.5 Å². The second-order valence-corrected chi connectivity index (χ2v) is 7.13. The smallest absolute Gasteiger partial charge is 0.452 e. The van der Waals surface area contributed by atoms with Gasteiger partial charge in [0.1, 0.15) is 0 Å². The molecule has 0 aromatic heterocycles. The molecule has 2 aromatic rings. The molecule has 0 unspecified atom stereocenters. The Morgan fingerprint density at radius 3 is 1.74 bits per heavy atom. The quantitative estimate of drug-likeness (QED) is 0.793. The number of carbonyl (C=O) groups is 3. The minimum absolute atomic E-state index is 0.385. The molecule has 120 valence electrons. The van der Waals surface area contributed by atoms with Crippen LogP contribution in [0.4, 0.5) is 0 Å². The molecule has 7 heteroatoms. The lowest BCUT2D eigenvalue weighted by Gasteiger charge is -2.27. The first kappa shape index (κ1) is 16.7. The van der Waals surface area contributed by atoms with E-state index in [1.54, 1.807) is 24.3 Å². The van der Waals surface area contributed by atoms with Crippen LogP contribution in [-0.2, 0) is 27.7 Å². The summed E-state index contributed by atoms with van der Waals surface area (Å²) in [6.07, 6.45) is 0. The first-order valence-electron chi connectivity index (χ1n) is 6.91. The van der Waals surface area contributed by atoms with Gasteiger partial charge in [-0.1, -0.05) is 42.5 Å². The summed E-state index contributed by atoms with van der Waals surface area (Å²) in [5.41, 5.74) is 0. The topological polar surface area (TPSA) is 78.9 Å². The van der Waals surface area contributed by atoms with Crippen LogP contribution in [0.5, 0.6) is 0 Å². The van der Waals surface area contributed by atoms with E-state index >= 15 is 0 Å². The molecule has 0 saturated carbocycles. The number of rotatable bonds is 4. The zero-order valence-electron chi connectivity index (χ0n) is 13.0. The SMILES string of the molecule is CC(=O)O[Si](OC(C)=O)(OC(C)=O)c1cccc2ccccc12. The van der Waals surface area contributed by atoms with Crippen molar-refractivity contribution < 1.29 is 27.7 Å². The van der Waals surface area contributed by atoms with Gasteiger partial charge in [0.15, 0.2) is 0 Å². The van der Waals surface area contributed by atoms with E-state index < -0.39 is 26.7 Å². The normalized spacial score (nSPS) is 10.9. The van der Waals surface area contributed by atoms with E-state index in [-0.39, 0.29) is 0 Å². The van der Waals surface area contributed by atoms with Gasteiger partial charge in [-0.3, -0.25) is 14.4 Å². The Labute approximate surface area is 134 Å². The van der Waals surface area contributed by atoms with Crippen molar-refractivity contribution in [3.63, 3.8) is 0 Å². The summed E-state index contributed by atoms with van der Waals surface area (Å²) in [4.78, 5) is 34.7. The molecule has 0 radical (unpaired) electrons. The predicted octanol–water partition coefficient (Wildman–Crippen LogP) is 1.67. The van der Waals surface area contributed by atoms with E-state index in [0.29, 0.717) is 10.6 Å². The average Bonchev–Trinajstić information content (AvgIpc) is 2.44. The van der Waals surface area contributed by atoms with Gasteiger partial charge in [0, 0.05) is 20.8 Å². The molecule has 0 saturated heterocycles. The third-order valence-electron chi connectivity index (χ3n) is 2.95. The fourth-order valence-electron chi connectivity index (χ4n) is 2.29. The molecule has 0 heterocycles. The minimum atomic E-state index is -4.07. The monoisotopic (exact) mass is 332 g/mol. The van der Waals surface area contributed by atoms with Crippen molar-refractivity contribution >= 4 is 42.7 Å². The van der Waals surface area contributed by atoms with Crippen LogP contribution >= 0.6 is 0 Å². The average molecular weight is 332 g/mol. The van der Waals surface area contributed by atoms with Gasteiger partial charge >= 0.3 is 8.80 Å². The summed E-state index contributed by atoms with van der Waals surface area (Å²) in [6.45, 7) is 3.50. The molecule has 6 nitrogen and oxygen atoms in total. The molecule has 0 fully saturated rings. The first-order valence-corrected chi connectivity index (χ1v) is 8.63. The number of fused-ring (bicyclic) bond motifs is 1. The predicted molar refractivity (Wildman–Crippen MR) is 84.6 cm³/mol. The van der Waals surface area contributed by atoms with E-state index in [1.165, 1.54) is 20.8 Å². The molecule has 0 bridgehead atoms. The molecule has 0 N–H and O–H groups in total. The highest BCUT2D eigenvalue weighted by atomic mass is 28.4. The highest BCUT2D eigenvalue weighted by Crippen LogP contribution is 2.19. The molecular weight excluding hydrogens is 316 g/mol. The number of hydrogen-bond donors (Lipinski definition) is 0. The Balaban J connectivity index is 2.73. The van der Waals surface area contributed by atoms with Crippen molar-refractivity contribution in [2.45, 2.75) is 20.8 Å². The van der Waals surface area contributed by atoms with Gasteiger partial charge in [-0.15, -0.1) is 0 Å². The Kier molecular flexibility index (Phi) is 4.80. The van der Waals surface area contributed by atoms with Gasteiger partial charge in [0.05, 0.1) is 5.19 Å². The van der Waals surface area contributed by atoms with E-state index in [0.717, 1.165) is 5.39 Å². The summed E-state index contributed by atoms with van der Waals surface area (Å²) in [5, 5.41) is 1.91. The number of carbonyl (C=O) groups excluding carboxylic acids is 3. The van der Waals surface area contributed by atoms with Gasteiger partial charge in [-0.25, -0.2) is 0 Å². The van der Waals surface area contributed by atoms with Crippen LogP contribution in [0, 0.1) is 0 Å². The Morgan fingerprint density at radius 1 is 0.739 bits per heavy atom. The number of benzene rings is 2. The molecule has 0 spiro atoms. The van der Waals surface area contributed by atoms with Crippen LogP contribution in [0.1, 0.15) is 20.8 Å². The molecule has 0 aliphatic rings. The van der Waals surface area contributed by atoms with Crippen LogP contribution in [-0.4, -0.2) is 26.7 Å². The van der Waals surface area contributed by atoms with Gasteiger partial charge in [-0.2, -0.15) is 0 Å². The Hall–Kier alpha value is -2.67. The van der Waals surface area contributed by atoms with Crippen molar-refractivity contribution in [2.75, 3.05) is 0 Å². The second kappa shape index (κ2) is 6.61. The zero-order chi connectivity index (χ0) is 17.0. The van der Waals surface area contributed by atoms with Gasteiger partial charge < -0.3 is 13.3 Å². The lowest BCUT2D eigenvalue weighted by molar-refractivity contribution is -0.146. The molecule has 0 aliphatic heterocycles. The lowest BCUT2D eigenvalue weighted by Crippen LogP contribution is -2.59. The molecule has 2 rings (SSSR count). The van der Waals surface area contributed by atoms with E-state index in [9.17, 15) is 14.4 Å². The molecule has 23 heavy (non-hydrogen) atoms. The third-order valence-corrected chi connectivity index (χ3v) is 5.72.